The first-order chi connectivity index (χ1) is 6.12. The Kier molecular flexibility index (Phi) is 4.99. The van der Waals surface area contributed by atoms with E-state index in [4.69, 9.17) is 5.11 Å². The van der Waals surface area contributed by atoms with Crippen molar-refractivity contribution in [3.8, 4) is 0 Å². The number of nitrogens with one attached hydrogen (secondary N) is 1. The molecule has 0 radical (unpaired) electrons. The zero-order chi connectivity index (χ0) is 11.4. The summed E-state index contributed by atoms with van der Waals surface area (Å²) >= 11 is 0. The van der Waals surface area contributed by atoms with Gasteiger partial charge in [0, 0.05) is 12.8 Å². The average Bonchev–Trinajstić information content (AvgIpc) is 1.97. The van der Waals surface area contributed by atoms with Gasteiger partial charge in [-0.15, -0.1) is 0 Å². The van der Waals surface area contributed by atoms with Gasteiger partial charge in [0.15, 0.2) is 0 Å². The molecule has 0 bridgehead atoms. The van der Waals surface area contributed by atoms with Gasteiger partial charge in [-0.25, -0.2) is 21.6 Å². The number of sulfone groups is 1. The number of rotatable bonds is 6. The first-order valence-electron chi connectivity index (χ1n) is 3.95. The Labute approximate surface area is 84.3 Å². The molecule has 0 aromatic rings. The van der Waals surface area contributed by atoms with Gasteiger partial charge in [0.1, 0.15) is 9.84 Å². The molecule has 0 amide bonds. The Bertz CT molecular complexity index is 356. The van der Waals surface area contributed by atoms with Gasteiger partial charge in [0.2, 0.25) is 10.0 Å². The molecule has 0 fully saturated rings. The van der Waals surface area contributed by atoms with E-state index >= 15 is 0 Å². The molecule has 2 N–H and O–H groups in total. The molecule has 0 heterocycles. The summed E-state index contributed by atoms with van der Waals surface area (Å²) in [6.07, 6.45) is 0.181. The topological polar surface area (TPSA) is 101 Å². The fraction of sp³-hybridized carbons (Fsp3) is 1.00. The Morgan fingerprint density at radius 3 is 2.07 bits per heavy atom. The van der Waals surface area contributed by atoms with Gasteiger partial charge in [-0.2, -0.15) is 0 Å². The van der Waals surface area contributed by atoms with E-state index in [1.807, 2.05) is 0 Å². The molecule has 14 heavy (non-hydrogen) atoms. The highest BCUT2D eigenvalue weighted by Crippen LogP contribution is 1.90. The Hall–Kier alpha value is -0.180. The Morgan fingerprint density at radius 1 is 1.21 bits per heavy atom. The number of hydrogen-bond acceptors (Lipinski definition) is 5. The summed E-state index contributed by atoms with van der Waals surface area (Å²) in [7, 11) is -6.88. The summed E-state index contributed by atoms with van der Waals surface area (Å²) in [5, 5.41) is 8.80. The molecular formula is C6H15NO5S2. The smallest absolute Gasteiger partial charge is 0.212 e. The molecule has 0 aliphatic heterocycles. The molecular weight excluding hydrogens is 230 g/mol. The van der Waals surface area contributed by atoms with Crippen molar-refractivity contribution in [1.82, 2.24) is 4.72 Å². The van der Waals surface area contributed by atoms with E-state index in [2.05, 4.69) is 4.72 Å². The highest BCUT2D eigenvalue weighted by molar-refractivity contribution is 7.93. The van der Waals surface area contributed by atoms with Crippen LogP contribution in [0, 0.1) is 0 Å². The molecule has 0 aromatic heterocycles. The standard InChI is InChI=1S/C6H15NO5S2/c1-6(8)5-7-14(11,12)4-3-13(2,9)10/h6-8H,3-5H2,1-2H3/t6-/m1/s1. The predicted molar refractivity (Wildman–Crippen MR) is 53.2 cm³/mol. The SMILES string of the molecule is C[C@@H](O)CNS(=O)(=O)CCS(C)(=O)=O. The van der Waals surface area contributed by atoms with Crippen LogP contribution in [-0.2, 0) is 19.9 Å². The monoisotopic (exact) mass is 245 g/mol. The molecule has 0 aliphatic rings. The highest BCUT2D eigenvalue weighted by Gasteiger charge is 2.14. The third-order valence-electron chi connectivity index (χ3n) is 1.32. The maximum absolute atomic E-state index is 11.1. The van der Waals surface area contributed by atoms with Crippen LogP contribution in [0.3, 0.4) is 0 Å². The second kappa shape index (κ2) is 5.06. The van der Waals surface area contributed by atoms with Crippen LogP contribution >= 0.6 is 0 Å². The van der Waals surface area contributed by atoms with Crippen molar-refractivity contribution in [3.05, 3.63) is 0 Å². The summed E-state index contributed by atoms with van der Waals surface area (Å²) in [6, 6.07) is 0. The van der Waals surface area contributed by atoms with Gasteiger partial charge in [-0.05, 0) is 6.92 Å². The Morgan fingerprint density at radius 2 is 1.71 bits per heavy atom. The minimum absolute atomic E-state index is 0.105. The molecule has 1 atom stereocenters. The fourth-order valence-corrected chi connectivity index (χ4v) is 3.31. The molecule has 0 aromatic carbocycles. The second-order valence-electron chi connectivity index (χ2n) is 3.15. The highest BCUT2D eigenvalue weighted by atomic mass is 32.2. The number of hydrogen-bond donors (Lipinski definition) is 2. The van der Waals surface area contributed by atoms with Crippen molar-refractivity contribution < 1.29 is 21.9 Å². The van der Waals surface area contributed by atoms with Gasteiger partial charge in [0.25, 0.3) is 0 Å². The summed E-state index contributed by atoms with van der Waals surface area (Å²) in [4.78, 5) is 0. The zero-order valence-electron chi connectivity index (χ0n) is 8.10. The molecule has 6 nitrogen and oxygen atoms in total. The summed E-state index contributed by atoms with van der Waals surface area (Å²) in [6.45, 7) is 1.32. The molecule has 0 spiro atoms. The summed E-state index contributed by atoms with van der Waals surface area (Å²) in [5.41, 5.74) is 0. The first-order valence-corrected chi connectivity index (χ1v) is 7.67. The molecule has 0 aliphatic carbocycles. The summed E-state index contributed by atoms with van der Waals surface area (Å²) in [5.74, 6) is -0.888. The van der Waals surface area contributed by atoms with Crippen molar-refractivity contribution in [1.29, 1.82) is 0 Å². The lowest BCUT2D eigenvalue weighted by Crippen LogP contribution is -2.34. The fourth-order valence-electron chi connectivity index (χ4n) is 0.581. The van der Waals surface area contributed by atoms with Crippen molar-refractivity contribution in [2.45, 2.75) is 13.0 Å². The molecule has 8 heteroatoms. The minimum atomic E-state index is -3.60. The lowest BCUT2D eigenvalue weighted by molar-refractivity contribution is 0.198. The molecule has 0 rings (SSSR count). The number of aliphatic hydroxyl groups is 1. The van der Waals surface area contributed by atoms with Crippen LogP contribution in [0.2, 0.25) is 0 Å². The van der Waals surface area contributed by atoms with Crippen LogP contribution in [0.1, 0.15) is 6.92 Å². The lowest BCUT2D eigenvalue weighted by Gasteiger charge is -2.07. The summed E-state index contributed by atoms with van der Waals surface area (Å²) < 4.78 is 45.6. The van der Waals surface area contributed by atoms with Gasteiger partial charge >= 0.3 is 0 Å². The van der Waals surface area contributed by atoms with E-state index in [1.165, 1.54) is 6.92 Å². The Balaban J connectivity index is 4.10. The van der Waals surface area contributed by atoms with E-state index < -0.39 is 37.5 Å². The van der Waals surface area contributed by atoms with Crippen LogP contribution in [0.4, 0.5) is 0 Å². The van der Waals surface area contributed by atoms with E-state index in [-0.39, 0.29) is 6.54 Å². The molecule has 0 unspecified atom stereocenters. The number of sulfonamides is 1. The van der Waals surface area contributed by atoms with Crippen molar-refractivity contribution >= 4 is 19.9 Å². The maximum atomic E-state index is 11.1. The van der Waals surface area contributed by atoms with Crippen LogP contribution in [0.5, 0.6) is 0 Å². The average molecular weight is 245 g/mol. The maximum Gasteiger partial charge on any atom is 0.212 e. The normalized spacial score (nSPS) is 15.4. The zero-order valence-corrected chi connectivity index (χ0v) is 9.73. The lowest BCUT2D eigenvalue weighted by atomic mass is 10.4. The second-order valence-corrected chi connectivity index (χ2v) is 7.33. The number of aliphatic hydroxyl groups excluding tert-OH is 1. The molecule has 0 saturated carbocycles. The van der Waals surface area contributed by atoms with Crippen molar-refractivity contribution in [3.63, 3.8) is 0 Å². The quantitative estimate of drug-likeness (QED) is 0.583. The third kappa shape index (κ3) is 8.42. The van der Waals surface area contributed by atoms with Gasteiger partial charge in [-0.3, -0.25) is 0 Å². The van der Waals surface area contributed by atoms with Gasteiger partial charge in [0.05, 0.1) is 17.6 Å². The van der Waals surface area contributed by atoms with Crippen LogP contribution in [0.15, 0.2) is 0 Å². The van der Waals surface area contributed by atoms with E-state index in [0.29, 0.717) is 0 Å². The first kappa shape index (κ1) is 13.8. The van der Waals surface area contributed by atoms with Crippen LogP contribution < -0.4 is 4.72 Å². The van der Waals surface area contributed by atoms with Crippen molar-refractivity contribution in [2.24, 2.45) is 0 Å². The van der Waals surface area contributed by atoms with E-state index in [9.17, 15) is 16.8 Å². The largest absolute Gasteiger partial charge is 0.392 e. The van der Waals surface area contributed by atoms with E-state index in [1.54, 1.807) is 0 Å². The van der Waals surface area contributed by atoms with E-state index in [0.717, 1.165) is 6.26 Å². The minimum Gasteiger partial charge on any atom is -0.392 e. The van der Waals surface area contributed by atoms with Crippen LogP contribution in [0.25, 0.3) is 0 Å². The van der Waals surface area contributed by atoms with Gasteiger partial charge < -0.3 is 5.11 Å². The van der Waals surface area contributed by atoms with Crippen molar-refractivity contribution in [2.75, 3.05) is 24.3 Å². The predicted octanol–water partition coefficient (Wildman–Crippen LogP) is -1.67. The third-order valence-corrected chi connectivity index (χ3v) is 3.87. The van der Waals surface area contributed by atoms with Crippen LogP contribution in [-0.4, -0.2) is 52.4 Å². The molecule has 0 saturated heterocycles. The molecule has 86 valence electrons. The van der Waals surface area contributed by atoms with Gasteiger partial charge in [-0.1, -0.05) is 0 Å².